The first-order chi connectivity index (χ1) is 5.39. The summed E-state index contributed by atoms with van der Waals surface area (Å²) >= 11 is 4.35. The quantitative estimate of drug-likeness (QED) is 0.639. The first-order valence-electron chi connectivity index (χ1n) is 4.70. The van der Waals surface area contributed by atoms with Gasteiger partial charge in [-0.05, 0) is 36.0 Å². The SMILES string of the molecule is CCC(C)(CN)CC(C)(C)CS. The van der Waals surface area contributed by atoms with E-state index in [9.17, 15) is 0 Å². The van der Waals surface area contributed by atoms with Crippen LogP contribution in [0.15, 0.2) is 0 Å². The molecular weight excluding hydrogens is 166 g/mol. The third-order valence-corrected chi connectivity index (χ3v) is 3.54. The van der Waals surface area contributed by atoms with Crippen molar-refractivity contribution >= 4 is 12.6 Å². The lowest BCUT2D eigenvalue weighted by Crippen LogP contribution is -2.33. The van der Waals surface area contributed by atoms with Crippen molar-refractivity contribution in [2.24, 2.45) is 16.6 Å². The Bertz CT molecular complexity index is 128. The molecule has 0 fully saturated rings. The summed E-state index contributed by atoms with van der Waals surface area (Å²) in [5.74, 6) is 0.933. The van der Waals surface area contributed by atoms with Crippen LogP contribution in [0.3, 0.4) is 0 Å². The van der Waals surface area contributed by atoms with Crippen LogP contribution in [0.2, 0.25) is 0 Å². The van der Waals surface area contributed by atoms with Gasteiger partial charge in [-0.3, -0.25) is 0 Å². The zero-order valence-corrected chi connectivity index (χ0v) is 9.75. The van der Waals surface area contributed by atoms with Crippen molar-refractivity contribution in [2.45, 2.75) is 40.5 Å². The molecule has 0 bridgehead atoms. The Morgan fingerprint density at radius 2 is 1.75 bits per heavy atom. The third kappa shape index (κ3) is 3.81. The smallest absolute Gasteiger partial charge is 0.00231 e. The van der Waals surface area contributed by atoms with Gasteiger partial charge in [-0.25, -0.2) is 0 Å². The maximum absolute atomic E-state index is 5.75. The van der Waals surface area contributed by atoms with E-state index in [1.54, 1.807) is 0 Å². The van der Waals surface area contributed by atoms with Crippen molar-refractivity contribution < 1.29 is 0 Å². The van der Waals surface area contributed by atoms with Crippen LogP contribution in [-0.2, 0) is 0 Å². The Kier molecular flexibility index (Phi) is 4.64. The molecule has 2 N–H and O–H groups in total. The zero-order valence-electron chi connectivity index (χ0n) is 8.85. The maximum Gasteiger partial charge on any atom is -0.00231 e. The van der Waals surface area contributed by atoms with Gasteiger partial charge in [-0.2, -0.15) is 12.6 Å². The average molecular weight is 189 g/mol. The highest BCUT2D eigenvalue weighted by Gasteiger charge is 2.28. The number of nitrogens with two attached hydrogens (primary N) is 1. The van der Waals surface area contributed by atoms with Crippen molar-refractivity contribution in [1.29, 1.82) is 0 Å². The zero-order chi connectivity index (χ0) is 9.83. The molecule has 0 aliphatic rings. The Hall–Kier alpha value is 0.310. The van der Waals surface area contributed by atoms with Gasteiger partial charge in [0.05, 0.1) is 0 Å². The molecule has 0 spiro atoms. The summed E-state index contributed by atoms with van der Waals surface area (Å²) in [5, 5.41) is 0. The second kappa shape index (κ2) is 4.52. The predicted octanol–water partition coefficient (Wildman–Crippen LogP) is 2.71. The van der Waals surface area contributed by atoms with Crippen LogP contribution >= 0.6 is 12.6 Å². The van der Waals surface area contributed by atoms with Crippen LogP contribution in [0.5, 0.6) is 0 Å². The molecule has 0 amide bonds. The fourth-order valence-electron chi connectivity index (χ4n) is 1.55. The minimum absolute atomic E-state index is 0.298. The second-order valence-electron chi connectivity index (χ2n) is 4.87. The van der Waals surface area contributed by atoms with Gasteiger partial charge >= 0.3 is 0 Å². The summed E-state index contributed by atoms with van der Waals surface area (Å²) in [6.07, 6.45) is 2.32. The molecule has 0 aromatic heterocycles. The lowest BCUT2D eigenvalue weighted by atomic mass is 9.73. The van der Waals surface area contributed by atoms with Gasteiger partial charge in [0.15, 0.2) is 0 Å². The topological polar surface area (TPSA) is 26.0 Å². The lowest BCUT2D eigenvalue weighted by Gasteiger charge is -2.35. The monoisotopic (exact) mass is 189 g/mol. The van der Waals surface area contributed by atoms with Gasteiger partial charge in [0, 0.05) is 0 Å². The van der Waals surface area contributed by atoms with Crippen LogP contribution < -0.4 is 5.73 Å². The number of thiol groups is 1. The Balaban J connectivity index is 4.20. The van der Waals surface area contributed by atoms with E-state index < -0.39 is 0 Å². The van der Waals surface area contributed by atoms with Crippen LogP contribution in [-0.4, -0.2) is 12.3 Å². The maximum atomic E-state index is 5.75. The number of rotatable bonds is 5. The van der Waals surface area contributed by atoms with E-state index in [1.165, 1.54) is 0 Å². The minimum atomic E-state index is 0.298. The largest absolute Gasteiger partial charge is 0.330 e. The van der Waals surface area contributed by atoms with Gasteiger partial charge in [0.25, 0.3) is 0 Å². The average Bonchev–Trinajstić information content (AvgIpc) is 2.04. The van der Waals surface area contributed by atoms with E-state index in [1.807, 2.05) is 0 Å². The van der Waals surface area contributed by atoms with Crippen molar-refractivity contribution in [3.8, 4) is 0 Å². The first-order valence-corrected chi connectivity index (χ1v) is 5.33. The van der Waals surface area contributed by atoms with Crippen LogP contribution in [0.4, 0.5) is 0 Å². The van der Waals surface area contributed by atoms with E-state index in [0.717, 1.165) is 25.1 Å². The summed E-state index contributed by atoms with van der Waals surface area (Å²) in [6, 6.07) is 0. The molecule has 1 unspecified atom stereocenters. The molecule has 1 nitrogen and oxygen atoms in total. The molecule has 0 aliphatic heterocycles. The van der Waals surface area contributed by atoms with E-state index in [-0.39, 0.29) is 0 Å². The van der Waals surface area contributed by atoms with Crippen molar-refractivity contribution in [3.05, 3.63) is 0 Å². The Labute approximate surface area is 82.5 Å². The molecule has 1 atom stereocenters. The molecule has 0 saturated carbocycles. The molecule has 74 valence electrons. The fourth-order valence-corrected chi connectivity index (χ4v) is 1.66. The van der Waals surface area contributed by atoms with E-state index in [4.69, 9.17) is 5.73 Å². The number of hydrogen-bond donors (Lipinski definition) is 2. The highest BCUT2D eigenvalue weighted by atomic mass is 32.1. The third-order valence-electron chi connectivity index (χ3n) is 2.68. The summed E-state index contributed by atoms with van der Waals surface area (Å²) < 4.78 is 0. The van der Waals surface area contributed by atoms with Crippen molar-refractivity contribution in [2.75, 3.05) is 12.3 Å². The summed E-state index contributed by atoms with van der Waals surface area (Å²) in [5.41, 5.74) is 6.37. The van der Waals surface area contributed by atoms with Crippen LogP contribution in [0, 0.1) is 10.8 Å². The molecule has 0 radical (unpaired) electrons. The minimum Gasteiger partial charge on any atom is -0.330 e. The van der Waals surface area contributed by atoms with Crippen LogP contribution in [0.1, 0.15) is 40.5 Å². The number of hydrogen-bond acceptors (Lipinski definition) is 2. The van der Waals surface area contributed by atoms with E-state index in [2.05, 4.69) is 40.3 Å². The molecule has 12 heavy (non-hydrogen) atoms. The van der Waals surface area contributed by atoms with Gasteiger partial charge in [0.2, 0.25) is 0 Å². The summed E-state index contributed by atoms with van der Waals surface area (Å²) in [6.45, 7) is 9.76. The fraction of sp³-hybridized carbons (Fsp3) is 1.00. The van der Waals surface area contributed by atoms with E-state index >= 15 is 0 Å². The highest BCUT2D eigenvalue weighted by Crippen LogP contribution is 2.36. The van der Waals surface area contributed by atoms with Gasteiger partial charge < -0.3 is 5.73 Å². The molecule has 0 rings (SSSR count). The second-order valence-corrected chi connectivity index (χ2v) is 5.18. The van der Waals surface area contributed by atoms with Crippen molar-refractivity contribution in [1.82, 2.24) is 0 Å². The molecular formula is C10H23NS. The Morgan fingerprint density at radius 3 is 2.00 bits per heavy atom. The molecule has 0 aliphatic carbocycles. The van der Waals surface area contributed by atoms with Gasteiger partial charge in [-0.1, -0.05) is 27.7 Å². The molecule has 0 aromatic carbocycles. The first kappa shape index (κ1) is 12.3. The van der Waals surface area contributed by atoms with E-state index in [0.29, 0.717) is 10.8 Å². The highest BCUT2D eigenvalue weighted by molar-refractivity contribution is 7.80. The van der Waals surface area contributed by atoms with Crippen LogP contribution in [0.25, 0.3) is 0 Å². The lowest BCUT2D eigenvalue weighted by molar-refractivity contribution is 0.196. The molecule has 0 heterocycles. The van der Waals surface area contributed by atoms with Gasteiger partial charge in [-0.15, -0.1) is 0 Å². The Morgan fingerprint density at radius 1 is 1.25 bits per heavy atom. The standard InChI is InChI=1S/C10H23NS/c1-5-10(4,7-11)6-9(2,3)8-12/h12H,5-8,11H2,1-4H3. The molecule has 0 saturated heterocycles. The summed E-state index contributed by atoms with van der Waals surface area (Å²) in [4.78, 5) is 0. The van der Waals surface area contributed by atoms with Crippen molar-refractivity contribution in [3.63, 3.8) is 0 Å². The molecule has 0 aromatic rings. The summed E-state index contributed by atoms with van der Waals surface area (Å²) in [7, 11) is 0. The molecule has 2 heteroatoms. The predicted molar refractivity (Wildman–Crippen MR) is 59.7 cm³/mol. The van der Waals surface area contributed by atoms with Gasteiger partial charge in [0.1, 0.15) is 0 Å². The normalized spacial score (nSPS) is 17.5.